The highest BCUT2D eigenvalue weighted by Gasteiger charge is 2.67. The minimum atomic E-state index is -1.21. The van der Waals surface area contributed by atoms with Gasteiger partial charge in [-0.1, -0.05) is 0 Å². The second-order valence-electron chi connectivity index (χ2n) is 7.63. The number of hydrazine groups is 1. The molecule has 0 bridgehead atoms. The third-order valence-electron chi connectivity index (χ3n) is 6.24. The highest BCUT2D eigenvalue weighted by molar-refractivity contribution is 5.98. The van der Waals surface area contributed by atoms with Gasteiger partial charge < -0.3 is 20.1 Å². The lowest BCUT2D eigenvalue weighted by Gasteiger charge is -2.43. The largest absolute Gasteiger partial charge is 0.465 e. The molecule has 0 radical (unpaired) electrons. The van der Waals surface area contributed by atoms with Crippen molar-refractivity contribution in [1.82, 2.24) is 15.8 Å². The van der Waals surface area contributed by atoms with Crippen LogP contribution in [0.15, 0.2) is 22.7 Å². The number of nitrogens with two attached hydrogens (primary N) is 1. The monoisotopic (exact) mass is 387 g/mol. The fraction of sp³-hybridized carbons (Fsp3) is 0.632. The normalized spacial score (nSPS) is 34.2. The Kier molecular flexibility index (Phi) is 4.56. The molecule has 4 N–H and O–H groups in total. The molecule has 3 aliphatic heterocycles. The number of nitrogens with one attached hydrogen (secondary N) is 2. The van der Waals surface area contributed by atoms with E-state index in [-0.39, 0.29) is 42.5 Å². The summed E-state index contributed by atoms with van der Waals surface area (Å²) in [7, 11) is 0. The lowest BCUT2D eigenvalue weighted by molar-refractivity contribution is -0.150. The molecule has 150 valence electrons. The summed E-state index contributed by atoms with van der Waals surface area (Å²) < 4.78 is 10.8. The number of ether oxygens (including phenoxy) is 2. The topological polar surface area (TPSA) is 130 Å². The summed E-state index contributed by atoms with van der Waals surface area (Å²) in [6, 6.07) is 2.02. The third-order valence-corrected chi connectivity index (χ3v) is 6.24. The molecule has 1 fully saturated rings. The molecule has 28 heavy (non-hydrogen) atoms. The molecular formula is C19H25N5O4. The Morgan fingerprint density at radius 1 is 1.43 bits per heavy atom. The fourth-order valence-electron chi connectivity index (χ4n) is 5.24. The Morgan fingerprint density at radius 2 is 2.18 bits per heavy atom. The van der Waals surface area contributed by atoms with Crippen LogP contribution >= 0.6 is 0 Å². The second-order valence-corrected chi connectivity index (χ2v) is 7.63. The summed E-state index contributed by atoms with van der Waals surface area (Å²) in [6.45, 7) is 3.77. The first-order valence-corrected chi connectivity index (χ1v) is 9.74. The number of carbonyl (C=O) groups excluding carboxylic acids is 2. The van der Waals surface area contributed by atoms with Crippen LogP contribution in [-0.2, 0) is 19.1 Å². The molecule has 3 heterocycles. The van der Waals surface area contributed by atoms with Crippen molar-refractivity contribution in [2.45, 2.75) is 51.8 Å². The number of hydrogen-bond acceptors (Lipinski definition) is 8. The van der Waals surface area contributed by atoms with Crippen molar-refractivity contribution in [3.8, 4) is 6.07 Å². The molecular weight excluding hydrogens is 362 g/mol. The highest BCUT2D eigenvalue weighted by atomic mass is 16.5. The molecule has 4 unspecified atom stereocenters. The van der Waals surface area contributed by atoms with E-state index in [1.807, 2.05) is 6.92 Å². The first-order chi connectivity index (χ1) is 13.5. The standard InChI is InChI=1S/C19H25N5O4/c1-3-27-14(25)9-24-13-7-5-4-6-11(13)19(18(24)26)12(8-20)16(21)28-17-15(19)10(2)22-23-17/h10,15,17,22-23H,3-7,9,21H2,1-2H3. The maximum Gasteiger partial charge on any atom is 0.326 e. The van der Waals surface area contributed by atoms with Gasteiger partial charge in [-0.3, -0.25) is 15.0 Å². The molecule has 0 aromatic heterocycles. The molecule has 9 heteroatoms. The molecule has 1 amide bonds. The van der Waals surface area contributed by atoms with Crippen molar-refractivity contribution >= 4 is 11.9 Å². The number of esters is 1. The number of nitriles is 1. The van der Waals surface area contributed by atoms with Gasteiger partial charge in [-0.05, 0) is 45.1 Å². The van der Waals surface area contributed by atoms with E-state index in [0.717, 1.165) is 24.1 Å². The number of hydrogen-bond donors (Lipinski definition) is 3. The summed E-state index contributed by atoms with van der Waals surface area (Å²) >= 11 is 0. The van der Waals surface area contributed by atoms with Crippen molar-refractivity contribution in [1.29, 1.82) is 5.26 Å². The van der Waals surface area contributed by atoms with E-state index in [4.69, 9.17) is 15.2 Å². The smallest absolute Gasteiger partial charge is 0.326 e. The Morgan fingerprint density at radius 3 is 2.89 bits per heavy atom. The van der Waals surface area contributed by atoms with Gasteiger partial charge in [0.25, 0.3) is 0 Å². The summed E-state index contributed by atoms with van der Waals surface area (Å²) in [5, 5.41) is 9.96. The molecule has 4 rings (SSSR count). The Labute approximate surface area is 163 Å². The number of fused-ring (bicyclic) bond motifs is 3. The van der Waals surface area contributed by atoms with Crippen molar-refractivity contribution in [2.24, 2.45) is 17.1 Å². The van der Waals surface area contributed by atoms with Crippen LogP contribution in [0.1, 0.15) is 39.5 Å². The lowest BCUT2D eigenvalue weighted by Crippen LogP contribution is -2.55. The Bertz CT molecular complexity index is 829. The fourth-order valence-corrected chi connectivity index (χ4v) is 5.24. The molecule has 1 saturated heterocycles. The average Bonchev–Trinajstić information content (AvgIpc) is 3.15. The molecule has 4 atom stereocenters. The SMILES string of the molecule is CCOC(=O)CN1C(=O)C2(C(C#N)=C(N)OC3NNC(C)C32)C2=C1CCCC2. The highest BCUT2D eigenvalue weighted by Crippen LogP contribution is 2.59. The van der Waals surface area contributed by atoms with E-state index in [1.165, 1.54) is 4.90 Å². The van der Waals surface area contributed by atoms with E-state index in [1.54, 1.807) is 6.92 Å². The zero-order valence-electron chi connectivity index (χ0n) is 16.1. The van der Waals surface area contributed by atoms with Crippen molar-refractivity contribution in [3.63, 3.8) is 0 Å². The van der Waals surface area contributed by atoms with Gasteiger partial charge in [0.15, 0.2) is 6.23 Å². The van der Waals surface area contributed by atoms with Crippen LogP contribution in [0.2, 0.25) is 0 Å². The maximum atomic E-state index is 13.9. The van der Waals surface area contributed by atoms with E-state index < -0.39 is 17.6 Å². The zero-order chi connectivity index (χ0) is 20.1. The number of amides is 1. The first-order valence-electron chi connectivity index (χ1n) is 9.74. The van der Waals surface area contributed by atoms with Crippen LogP contribution in [0.4, 0.5) is 0 Å². The number of carbonyl (C=O) groups is 2. The van der Waals surface area contributed by atoms with E-state index in [9.17, 15) is 14.9 Å². The predicted octanol–water partition coefficient (Wildman–Crippen LogP) is 0.369. The van der Waals surface area contributed by atoms with Crippen molar-refractivity contribution in [3.05, 3.63) is 22.7 Å². The van der Waals surface area contributed by atoms with Crippen LogP contribution in [0.25, 0.3) is 0 Å². The van der Waals surface area contributed by atoms with Gasteiger partial charge in [0.05, 0.1) is 12.5 Å². The third kappa shape index (κ3) is 2.38. The first kappa shape index (κ1) is 18.8. The molecule has 0 aromatic rings. The molecule has 0 saturated carbocycles. The van der Waals surface area contributed by atoms with Crippen LogP contribution in [-0.4, -0.2) is 42.2 Å². The zero-order valence-corrected chi connectivity index (χ0v) is 16.1. The van der Waals surface area contributed by atoms with Gasteiger partial charge in [-0.25, -0.2) is 5.43 Å². The van der Waals surface area contributed by atoms with Gasteiger partial charge >= 0.3 is 5.97 Å². The molecule has 9 nitrogen and oxygen atoms in total. The van der Waals surface area contributed by atoms with Gasteiger partial charge in [0, 0.05) is 11.7 Å². The second kappa shape index (κ2) is 6.79. The van der Waals surface area contributed by atoms with Crippen LogP contribution in [0.3, 0.4) is 0 Å². The van der Waals surface area contributed by atoms with Crippen LogP contribution in [0.5, 0.6) is 0 Å². The average molecular weight is 387 g/mol. The van der Waals surface area contributed by atoms with Gasteiger partial charge in [-0.15, -0.1) is 0 Å². The van der Waals surface area contributed by atoms with Crippen LogP contribution in [0, 0.1) is 22.7 Å². The minimum Gasteiger partial charge on any atom is -0.465 e. The number of nitrogens with zero attached hydrogens (tertiary/aromatic N) is 2. The Balaban J connectivity index is 1.89. The predicted molar refractivity (Wildman–Crippen MR) is 97.2 cm³/mol. The maximum absolute atomic E-state index is 13.9. The number of rotatable bonds is 3. The minimum absolute atomic E-state index is 0.0316. The summed E-state index contributed by atoms with van der Waals surface area (Å²) in [6.07, 6.45) is 2.70. The van der Waals surface area contributed by atoms with Gasteiger partial charge in [0.1, 0.15) is 23.6 Å². The molecule has 4 aliphatic rings. The van der Waals surface area contributed by atoms with E-state index in [0.29, 0.717) is 12.8 Å². The van der Waals surface area contributed by atoms with E-state index >= 15 is 0 Å². The van der Waals surface area contributed by atoms with Gasteiger partial charge in [-0.2, -0.15) is 5.26 Å². The lowest BCUT2D eigenvalue weighted by atomic mass is 9.60. The quantitative estimate of drug-likeness (QED) is 0.592. The Hall–Kier alpha value is -2.57. The van der Waals surface area contributed by atoms with Crippen molar-refractivity contribution < 1.29 is 19.1 Å². The summed E-state index contributed by atoms with van der Waals surface area (Å²) in [5.41, 5.74) is 13.0. The number of allylic oxidation sites excluding steroid dienone is 1. The van der Waals surface area contributed by atoms with Gasteiger partial charge in [0.2, 0.25) is 11.8 Å². The summed E-state index contributed by atoms with van der Waals surface area (Å²) in [5.74, 6) is -1.11. The molecule has 1 spiro atoms. The van der Waals surface area contributed by atoms with E-state index in [2.05, 4.69) is 16.9 Å². The molecule has 1 aliphatic carbocycles. The van der Waals surface area contributed by atoms with Crippen molar-refractivity contribution in [2.75, 3.05) is 13.2 Å². The molecule has 0 aromatic carbocycles. The summed E-state index contributed by atoms with van der Waals surface area (Å²) in [4.78, 5) is 27.6. The van der Waals surface area contributed by atoms with Crippen LogP contribution < -0.4 is 16.6 Å².